The van der Waals surface area contributed by atoms with Crippen LogP contribution in [0.5, 0.6) is 0 Å². The highest BCUT2D eigenvalue weighted by Gasteiger charge is 2.18. The van der Waals surface area contributed by atoms with Crippen molar-refractivity contribution in [2.24, 2.45) is 0 Å². The fourth-order valence-corrected chi connectivity index (χ4v) is 2.58. The van der Waals surface area contributed by atoms with Crippen molar-refractivity contribution in [3.8, 4) is 11.1 Å². The van der Waals surface area contributed by atoms with Crippen LogP contribution in [0.4, 0.5) is 5.69 Å². The van der Waals surface area contributed by atoms with E-state index >= 15 is 0 Å². The standard InChI is InChI=1S/C13H11NO5S/c1-9-5-6-13(20(17,18)19)12(7-9)10-3-2-4-11(8-10)14(15)16/h2-8H,1H3,(H,17,18,19). The molecule has 6 nitrogen and oxygen atoms in total. The number of benzene rings is 2. The Morgan fingerprint density at radius 2 is 1.85 bits per heavy atom. The lowest BCUT2D eigenvalue weighted by molar-refractivity contribution is -0.384. The Balaban J connectivity index is 2.72. The van der Waals surface area contributed by atoms with Gasteiger partial charge in [0.2, 0.25) is 0 Å². The summed E-state index contributed by atoms with van der Waals surface area (Å²) in [5.41, 5.74) is 1.22. The molecule has 2 aromatic rings. The van der Waals surface area contributed by atoms with Crippen LogP contribution in [0, 0.1) is 17.0 Å². The van der Waals surface area contributed by atoms with Gasteiger partial charge in [0.15, 0.2) is 0 Å². The molecule has 0 aromatic heterocycles. The van der Waals surface area contributed by atoms with Crippen molar-refractivity contribution in [3.05, 3.63) is 58.1 Å². The van der Waals surface area contributed by atoms with Gasteiger partial charge in [-0.05, 0) is 18.6 Å². The van der Waals surface area contributed by atoms with E-state index in [0.717, 1.165) is 5.56 Å². The summed E-state index contributed by atoms with van der Waals surface area (Å²) in [6.45, 7) is 1.76. The molecule has 104 valence electrons. The molecule has 0 aliphatic heterocycles. The fourth-order valence-electron chi connectivity index (χ4n) is 1.88. The minimum atomic E-state index is -4.40. The monoisotopic (exact) mass is 293 g/mol. The Bertz CT molecular complexity index is 783. The van der Waals surface area contributed by atoms with E-state index in [2.05, 4.69) is 0 Å². The molecule has 0 spiro atoms. The van der Waals surface area contributed by atoms with E-state index < -0.39 is 15.0 Å². The van der Waals surface area contributed by atoms with Crippen molar-refractivity contribution >= 4 is 15.8 Å². The van der Waals surface area contributed by atoms with Gasteiger partial charge in [-0.3, -0.25) is 14.7 Å². The number of hydrogen-bond donors (Lipinski definition) is 1. The first kappa shape index (κ1) is 14.2. The second kappa shape index (κ2) is 5.03. The molecular formula is C13H11NO5S. The van der Waals surface area contributed by atoms with Gasteiger partial charge in [-0.25, -0.2) is 0 Å². The number of nitro groups is 1. The maximum atomic E-state index is 11.4. The van der Waals surface area contributed by atoms with E-state index in [9.17, 15) is 23.1 Å². The van der Waals surface area contributed by atoms with Crippen molar-refractivity contribution in [3.63, 3.8) is 0 Å². The Labute approximate surface area is 115 Å². The zero-order valence-corrected chi connectivity index (χ0v) is 11.3. The molecule has 0 aliphatic carbocycles. The average molecular weight is 293 g/mol. The van der Waals surface area contributed by atoms with Crippen LogP contribution < -0.4 is 0 Å². The van der Waals surface area contributed by atoms with E-state index in [-0.39, 0.29) is 16.1 Å². The van der Waals surface area contributed by atoms with E-state index in [0.29, 0.717) is 5.56 Å². The van der Waals surface area contributed by atoms with Crippen LogP contribution in [0.2, 0.25) is 0 Å². The summed E-state index contributed by atoms with van der Waals surface area (Å²) in [5, 5.41) is 10.8. The Morgan fingerprint density at radius 1 is 1.15 bits per heavy atom. The lowest BCUT2D eigenvalue weighted by Gasteiger charge is -2.08. The quantitative estimate of drug-likeness (QED) is 0.533. The lowest BCUT2D eigenvalue weighted by Crippen LogP contribution is -2.01. The van der Waals surface area contributed by atoms with Gasteiger partial charge < -0.3 is 0 Å². The predicted molar refractivity (Wildman–Crippen MR) is 73.1 cm³/mol. The first-order valence-corrected chi connectivity index (χ1v) is 7.06. The Morgan fingerprint density at radius 3 is 2.45 bits per heavy atom. The number of nitrogens with zero attached hydrogens (tertiary/aromatic N) is 1. The highest BCUT2D eigenvalue weighted by atomic mass is 32.2. The second-order valence-corrected chi connectivity index (χ2v) is 5.67. The van der Waals surface area contributed by atoms with Gasteiger partial charge >= 0.3 is 0 Å². The summed E-state index contributed by atoms with van der Waals surface area (Å²) < 4.78 is 32.0. The van der Waals surface area contributed by atoms with Crippen molar-refractivity contribution in [1.82, 2.24) is 0 Å². The average Bonchev–Trinajstić information content (AvgIpc) is 2.37. The van der Waals surface area contributed by atoms with Crippen molar-refractivity contribution < 1.29 is 17.9 Å². The van der Waals surface area contributed by atoms with Crippen LogP contribution in [0.1, 0.15) is 5.56 Å². The highest BCUT2D eigenvalue weighted by molar-refractivity contribution is 7.86. The van der Waals surface area contributed by atoms with Crippen LogP contribution in [-0.2, 0) is 10.1 Å². The van der Waals surface area contributed by atoms with Gasteiger partial charge in [0.25, 0.3) is 15.8 Å². The first-order valence-electron chi connectivity index (χ1n) is 5.62. The topological polar surface area (TPSA) is 97.5 Å². The normalized spacial score (nSPS) is 11.3. The molecule has 0 atom stereocenters. The van der Waals surface area contributed by atoms with Gasteiger partial charge in [0, 0.05) is 17.7 Å². The molecule has 2 aromatic carbocycles. The summed E-state index contributed by atoms with van der Waals surface area (Å²) in [6, 6.07) is 9.97. The highest BCUT2D eigenvalue weighted by Crippen LogP contribution is 2.30. The zero-order valence-electron chi connectivity index (χ0n) is 10.5. The zero-order chi connectivity index (χ0) is 14.9. The maximum absolute atomic E-state index is 11.4. The minimum absolute atomic E-state index is 0.148. The van der Waals surface area contributed by atoms with Crippen molar-refractivity contribution in [2.45, 2.75) is 11.8 Å². The predicted octanol–water partition coefficient (Wildman–Crippen LogP) is 2.82. The first-order chi connectivity index (χ1) is 9.29. The van der Waals surface area contributed by atoms with Crippen LogP contribution in [0.15, 0.2) is 47.4 Å². The molecule has 20 heavy (non-hydrogen) atoms. The van der Waals surface area contributed by atoms with E-state index in [1.165, 1.54) is 24.3 Å². The number of non-ortho nitro benzene ring substituents is 1. The molecule has 0 bridgehead atoms. The van der Waals surface area contributed by atoms with Gasteiger partial charge in [-0.15, -0.1) is 0 Å². The lowest BCUT2D eigenvalue weighted by atomic mass is 10.0. The second-order valence-electron chi connectivity index (χ2n) is 4.28. The molecule has 0 heterocycles. The van der Waals surface area contributed by atoms with E-state index in [1.54, 1.807) is 25.1 Å². The third-order valence-corrected chi connectivity index (χ3v) is 3.69. The molecule has 2 rings (SSSR count). The summed E-state index contributed by atoms with van der Waals surface area (Å²) in [7, 11) is -4.40. The third kappa shape index (κ3) is 2.84. The molecule has 0 unspecified atom stereocenters. The molecule has 0 saturated heterocycles. The number of hydrogen-bond acceptors (Lipinski definition) is 4. The van der Waals surface area contributed by atoms with Crippen LogP contribution in [0.25, 0.3) is 11.1 Å². The van der Waals surface area contributed by atoms with Gasteiger partial charge in [-0.1, -0.05) is 29.8 Å². The van der Waals surface area contributed by atoms with Crippen LogP contribution >= 0.6 is 0 Å². The number of nitro benzene ring substituents is 1. The summed E-state index contributed by atoms with van der Waals surface area (Å²) in [5.74, 6) is 0. The number of aryl methyl sites for hydroxylation is 1. The summed E-state index contributed by atoms with van der Waals surface area (Å²) in [6.07, 6.45) is 0. The van der Waals surface area contributed by atoms with Gasteiger partial charge in [0.05, 0.1) is 4.92 Å². The number of rotatable bonds is 3. The SMILES string of the molecule is Cc1ccc(S(=O)(=O)O)c(-c2cccc([N+](=O)[O-])c2)c1. The van der Waals surface area contributed by atoms with Gasteiger partial charge in [-0.2, -0.15) is 8.42 Å². The van der Waals surface area contributed by atoms with E-state index in [4.69, 9.17) is 0 Å². The molecule has 7 heteroatoms. The smallest absolute Gasteiger partial charge is 0.282 e. The molecule has 1 N–H and O–H groups in total. The molecule has 0 fully saturated rings. The van der Waals surface area contributed by atoms with Crippen molar-refractivity contribution in [2.75, 3.05) is 0 Å². The molecule has 0 aliphatic rings. The molecule has 0 amide bonds. The minimum Gasteiger partial charge on any atom is -0.282 e. The molecule has 0 saturated carbocycles. The van der Waals surface area contributed by atoms with Gasteiger partial charge in [0.1, 0.15) is 4.90 Å². The van der Waals surface area contributed by atoms with Crippen LogP contribution in [0.3, 0.4) is 0 Å². The Hall–Kier alpha value is -2.25. The maximum Gasteiger partial charge on any atom is 0.295 e. The van der Waals surface area contributed by atoms with Crippen LogP contribution in [-0.4, -0.2) is 17.9 Å². The van der Waals surface area contributed by atoms with Crippen molar-refractivity contribution in [1.29, 1.82) is 0 Å². The molecule has 0 radical (unpaired) electrons. The molecular weight excluding hydrogens is 282 g/mol. The Kier molecular flexibility index (Phi) is 3.56. The summed E-state index contributed by atoms with van der Waals surface area (Å²) in [4.78, 5) is 9.93. The fraction of sp³-hybridized carbons (Fsp3) is 0.0769. The summed E-state index contributed by atoms with van der Waals surface area (Å²) >= 11 is 0. The van der Waals surface area contributed by atoms with E-state index in [1.807, 2.05) is 0 Å². The largest absolute Gasteiger partial charge is 0.295 e. The third-order valence-electron chi connectivity index (χ3n) is 2.78.